The van der Waals surface area contributed by atoms with Gasteiger partial charge in [-0.3, -0.25) is 9.59 Å². The summed E-state index contributed by atoms with van der Waals surface area (Å²) in [6.45, 7) is 0.170. The number of hydrogen-bond donors (Lipinski definition) is 2. The molecule has 1 unspecified atom stereocenters. The molecule has 31 heavy (non-hydrogen) atoms. The number of benzene rings is 2. The first-order valence-corrected chi connectivity index (χ1v) is 11.9. The number of phenols is 1. The minimum absolute atomic E-state index is 0.000767. The van der Waals surface area contributed by atoms with Crippen molar-refractivity contribution in [3.63, 3.8) is 0 Å². The van der Waals surface area contributed by atoms with Crippen LogP contribution in [-0.4, -0.2) is 50.1 Å². The third-order valence-electron chi connectivity index (χ3n) is 5.70. The molecule has 1 heterocycles. The van der Waals surface area contributed by atoms with Gasteiger partial charge in [0.05, 0.1) is 18.4 Å². The number of sulfone groups is 1. The van der Waals surface area contributed by atoms with Gasteiger partial charge in [0, 0.05) is 25.3 Å². The van der Waals surface area contributed by atoms with Gasteiger partial charge in [-0.05, 0) is 42.2 Å². The third-order valence-corrected chi connectivity index (χ3v) is 7.15. The summed E-state index contributed by atoms with van der Waals surface area (Å²) in [7, 11) is -2.19. The quantitative estimate of drug-likeness (QED) is 0.678. The van der Waals surface area contributed by atoms with Crippen LogP contribution >= 0.6 is 0 Å². The summed E-state index contributed by atoms with van der Waals surface area (Å²) >= 11 is 0. The topological polar surface area (TPSA) is 113 Å². The molecule has 1 aliphatic heterocycles. The van der Waals surface area contributed by atoms with E-state index in [0.29, 0.717) is 16.8 Å². The van der Waals surface area contributed by atoms with Crippen LogP contribution in [0.25, 0.3) is 0 Å². The molecule has 2 aromatic rings. The predicted octanol–water partition coefficient (Wildman–Crippen LogP) is 2.49. The molecule has 1 saturated carbocycles. The van der Waals surface area contributed by atoms with Crippen molar-refractivity contribution in [2.75, 3.05) is 25.2 Å². The van der Waals surface area contributed by atoms with Crippen molar-refractivity contribution in [3.8, 4) is 11.5 Å². The highest BCUT2D eigenvalue weighted by Gasteiger charge is 2.36. The van der Waals surface area contributed by atoms with E-state index in [9.17, 15) is 23.1 Å². The first-order valence-electron chi connectivity index (χ1n) is 9.97. The number of carbonyl (C=O) groups excluding carboxylic acids is 2. The monoisotopic (exact) mass is 444 g/mol. The van der Waals surface area contributed by atoms with Gasteiger partial charge in [0.15, 0.2) is 21.3 Å². The number of nitrogens with zero attached hydrogens (tertiary/aromatic N) is 1. The van der Waals surface area contributed by atoms with E-state index in [2.05, 4.69) is 5.32 Å². The van der Waals surface area contributed by atoms with Gasteiger partial charge in [-0.15, -0.1) is 0 Å². The number of anilines is 1. The summed E-state index contributed by atoms with van der Waals surface area (Å²) in [6.07, 6.45) is 2.81. The summed E-state index contributed by atoms with van der Waals surface area (Å²) in [5.41, 5.74) is 1.97. The van der Waals surface area contributed by atoms with Crippen molar-refractivity contribution >= 4 is 27.3 Å². The molecule has 2 aliphatic rings. The summed E-state index contributed by atoms with van der Waals surface area (Å²) in [5.74, 6) is -0.359. The van der Waals surface area contributed by atoms with E-state index in [1.165, 1.54) is 24.1 Å². The smallest absolute Gasteiger partial charge is 0.256 e. The molecule has 0 aromatic heterocycles. The Morgan fingerprint density at radius 3 is 2.65 bits per heavy atom. The average Bonchev–Trinajstić information content (AvgIpc) is 3.50. The van der Waals surface area contributed by atoms with Crippen LogP contribution in [0.2, 0.25) is 0 Å². The average molecular weight is 445 g/mol. The van der Waals surface area contributed by atoms with Crippen LogP contribution in [0.4, 0.5) is 5.69 Å². The molecule has 8 nitrogen and oxygen atoms in total. The van der Waals surface area contributed by atoms with E-state index in [0.717, 1.165) is 24.7 Å². The zero-order valence-electron chi connectivity index (χ0n) is 17.3. The minimum atomic E-state index is -3.60. The lowest BCUT2D eigenvalue weighted by atomic mass is 10.1. The fourth-order valence-electron chi connectivity index (χ4n) is 3.85. The number of phenolic OH excluding ortho intramolecular Hbond substituents is 1. The number of fused-ring (bicyclic) bond motifs is 1. The van der Waals surface area contributed by atoms with Crippen LogP contribution in [0.5, 0.6) is 11.5 Å². The molecule has 0 saturated heterocycles. The molecule has 0 spiro atoms. The Balaban J connectivity index is 1.60. The van der Waals surface area contributed by atoms with Crippen LogP contribution in [0.15, 0.2) is 36.4 Å². The second-order valence-corrected chi connectivity index (χ2v) is 10.3. The molecule has 4 rings (SSSR count). The zero-order chi connectivity index (χ0) is 22.3. The molecule has 9 heteroatoms. The van der Waals surface area contributed by atoms with E-state index >= 15 is 0 Å². The van der Waals surface area contributed by atoms with E-state index in [1.54, 1.807) is 24.3 Å². The van der Waals surface area contributed by atoms with Crippen molar-refractivity contribution in [3.05, 3.63) is 53.1 Å². The second kappa shape index (κ2) is 7.88. The maximum absolute atomic E-state index is 13.2. The lowest BCUT2D eigenvalue weighted by Gasteiger charge is -2.23. The third kappa shape index (κ3) is 4.23. The van der Waals surface area contributed by atoms with Crippen LogP contribution in [-0.2, 0) is 21.2 Å². The van der Waals surface area contributed by atoms with E-state index in [4.69, 9.17) is 4.74 Å². The van der Waals surface area contributed by atoms with Crippen LogP contribution < -0.4 is 10.1 Å². The zero-order valence-corrected chi connectivity index (χ0v) is 18.1. The molecule has 0 bridgehead atoms. The Hall–Kier alpha value is -3.07. The van der Waals surface area contributed by atoms with E-state index < -0.39 is 15.1 Å². The van der Waals surface area contributed by atoms with Gasteiger partial charge in [0.2, 0.25) is 5.91 Å². The fourth-order valence-corrected chi connectivity index (χ4v) is 4.94. The maximum Gasteiger partial charge on any atom is 0.256 e. The second-order valence-electron chi connectivity index (χ2n) is 8.04. The van der Waals surface area contributed by atoms with Gasteiger partial charge in [0.25, 0.3) is 5.91 Å². The lowest BCUT2D eigenvalue weighted by molar-refractivity contribution is -0.117. The van der Waals surface area contributed by atoms with Crippen molar-refractivity contribution < 1.29 is 27.9 Å². The van der Waals surface area contributed by atoms with E-state index in [-0.39, 0.29) is 42.3 Å². The molecule has 0 radical (unpaired) electrons. The molecule has 2 N–H and O–H groups in total. The molecule has 1 fully saturated rings. The number of hydrogen-bond acceptors (Lipinski definition) is 6. The van der Waals surface area contributed by atoms with Gasteiger partial charge in [0.1, 0.15) is 5.25 Å². The number of carbonyl (C=O) groups is 2. The Morgan fingerprint density at radius 1 is 1.29 bits per heavy atom. The van der Waals surface area contributed by atoms with Gasteiger partial charge in [-0.25, -0.2) is 8.42 Å². The van der Waals surface area contributed by atoms with Crippen LogP contribution in [0.3, 0.4) is 0 Å². The summed E-state index contributed by atoms with van der Waals surface area (Å²) < 4.78 is 30.1. The highest BCUT2D eigenvalue weighted by atomic mass is 32.2. The largest absolute Gasteiger partial charge is 0.504 e. The fraction of sp³-hybridized carbons (Fsp3) is 0.364. The van der Waals surface area contributed by atoms with Crippen molar-refractivity contribution in [1.82, 2.24) is 4.90 Å². The number of amides is 2. The first-order chi connectivity index (χ1) is 14.7. The van der Waals surface area contributed by atoms with Crippen molar-refractivity contribution in [2.24, 2.45) is 5.92 Å². The van der Waals surface area contributed by atoms with Gasteiger partial charge in [-0.2, -0.15) is 0 Å². The Kier molecular flexibility index (Phi) is 5.38. The standard InChI is InChI=1S/C22H24N2O6S/c1-30-18-9-8-14(10-17(18)25)19(31(2,28)29)12-24-11-15-4-3-5-16(20(15)22(24)27)23-21(26)13-6-7-13/h3-5,8-10,13,19,25H,6-7,11-12H2,1-2H3,(H,23,26). The Morgan fingerprint density at radius 2 is 2.03 bits per heavy atom. The summed E-state index contributed by atoms with van der Waals surface area (Å²) in [6, 6.07) is 9.67. The minimum Gasteiger partial charge on any atom is -0.504 e. The molecular weight excluding hydrogens is 420 g/mol. The number of ether oxygens (including phenoxy) is 1. The predicted molar refractivity (Wildman–Crippen MR) is 115 cm³/mol. The van der Waals surface area contributed by atoms with Gasteiger partial charge >= 0.3 is 0 Å². The normalized spacial score (nSPS) is 16.7. The van der Waals surface area contributed by atoms with Crippen molar-refractivity contribution in [1.29, 1.82) is 0 Å². The summed E-state index contributed by atoms with van der Waals surface area (Å²) in [4.78, 5) is 26.8. The van der Waals surface area contributed by atoms with Gasteiger partial charge < -0.3 is 20.1 Å². The number of aromatic hydroxyl groups is 1. The molecular formula is C22H24N2O6S. The number of rotatable bonds is 7. The van der Waals surface area contributed by atoms with E-state index in [1.807, 2.05) is 0 Å². The van der Waals surface area contributed by atoms with Crippen LogP contribution in [0, 0.1) is 5.92 Å². The Bertz CT molecular complexity index is 1160. The molecule has 164 valence electrons. The highest BCUT2D eigenvalue weighted by molar-refractivity contribution is 7.91. The highest BCUT2D eigenvalue weighted by Crippen LogP contribution is 2.36. The number of nitrogens with one attached hydrogen (secondary N) is 1. The maximum atomic E-state index is 13.2. The lowest BCUT2D eigenvalue weighted by Crippen LogP contribution is -2.32. The molecule has 2 aromatic carbocycles. The number of methoxy groups -OCH3 is 1. The SMILES string of the molecule is COc1ccc(C(CN2Cc3cccc(NC(=O)C4CC4)c3C2=O)S(C)(=O)=O)cc1O. The summed E-state index contributed by atoms with van der Waals surface area (Å²) in [5, 5.41) is 11.9. The molecule has 1 aliphatic carbocycles. The van der Waals surface area contributed by atoms with Crippen LogP contribution in [0.1, 0.15) is 39.6 Å². The Labute approximate surface area is 180 Å². The van der Waals surface area contributed by atoms with Gasteiger partial charge in [-0.1, -0.05) is 18.2 Å². The molecule has 1 atom stereocenters. The first kappa shape index (κ1) is 21.2. The molecule has 2 amide bonds. The van der Waals surface area contributed by atoms with Crippen molar-refractivity contribution in [2.45, 2.75) is 24.6 Å².